The average Bonchev–Trinajstić information content (AvgIpc) is 2.60. The van der Waals surface area contributed by atoms with Crippen LogP contribution in [0.25, 0.3) is 17.0 Å². The zero-order chi connectivity index (χ0) is 18.7. The second-order valence-electron chi connectivity index (χ2n) is 5.37. The van der Waals surface area contributed by atoms with E-state index < -0.39 is 11.9 Å². The second-order valence-corrected chi connectivity index (χ2v) is 6.18. The van der Waals surface area contributed by atoms with E-state index >= 15 is 0 Å². The van der Waals surface area contributed by atoms with Gasteiger partial charge in [0.1, 0.15) is 0 Å². The van der Waals surface area contributed by atoms with Crippen LogP contribution in [-0.4, -0.2) is 22.0 Å². The van der Waals surface area contributed by atoms with E-state index in [1.54, 1.807) is 36.4 Å². The lowest BCUT2D eigenvalue weighted by molar-refractivity contribution is -0.131. The Balaban J connectivity index is 1.96. The molecule has 130 valence electrons. The highest BCUT2D eigenvalue weighted by Gasteiger charge is 2.16. The number of anilines is 1. The van der Waals surface area contributed by atoms with E-state index in [0.717, 1.165) is 11.5 Å². The Morgan fingerprint density at radius 3 is 2.46 bits per heavy atom. The molecule has 0 atom stereocenters. The summed E-state index contributed by atoms with van der Waals surface area (Å²) in [5.74, 6) is -1.48. The zero-order valence-electron chi connectivity index (χ0n) is 13.2. The summed E-state index contributed by atoms with van der Waals surface area (Å²) in [5.41, 5.74) is 1.89. The number of aromatic nitrogens is 1. The lowest BCUT2D eigenvalue weighted by Gasteiger charge is -2.10. The molecule has 3 aromatic rings. The molecule has 7 heteroatoms. The third kappa shape index (κ3) is 3.85. The van der Waals surface area contributed by atoms with Crippen LogP contribution in [-0.2, 0) is 4.79 Å². The van der Waals surface area contributed by atoms with Crippen molar-refractivity contribution < 1.29 is 14.7 Å². The van der Waals surface area contributed by atoms with Crippen LogP contribution in [0.5, 0.6) is 0 Å². The van der Waals surface area contributed by atoms with Gasteiger partial charge in [-0.15, -0.1) is 0 Å². The van der Waals surface area contributed by atoms with Crippen LogP contribution in [0.4, 0.5) is 5.69 Å². The molecule has 0 spiro atoms. The predicted molar refractivity (Wildman–Crippen MR) is 103 cm³/mol. The van der Waals surface area contributed by atoms with E-state index in [2.05, 4.69) is 10.3 Å². The number of benzene rings is 2. The number of nitrogens with zero attached hydrogens (tertiary/aromatic N) is 1. The Morgan fingerprint density at radius 1 is 1.08 bits per heavy atom. The summed E-state index contributed by atoms with van der Waals surface area (Å²) < 4.78 is 0. The van der Waals surface area contributed by atoms with Gasteiger partial charge in [0.25, 0.3) is 5.91 Å². The summed E-state index contributed by atoms with van der Waals surface area (Å²) in [6.45, 7) is 0. The molecule has 26 heavy (non-hydrogen) atoms. The van der Waals surface area contributed by atoms with Gasteiger partial charge >= 0.3 is 5.97 Å². The van der Waals surface area contributed by atoms with Gasteiger partial charge in [-0.25, -0.2) is 4.79 Å². The molecule has 0 fully saturated rings. The average molecular weight is 387 g/mol. The molecule has 1 aromatic heterocycles. The highest BCUT2D eigenvalue weighted by atomic mass is 35.5. The summed E-state index contributed by atoms with van der Waals surface area (Å²) in [5, 5.41) is 12.7. The van der Waals surface area contributed by atoms with Gasteiger partial charge in [-0.3, -0.25) is 9.78 Å². The Bertz CT molecular complexity index is 1030. The number of halogens is 2. The smallest absolute Gasteiger partial charge is 0.328 e. The number of carboxylic acid groups (broad SMARTS) is 1. The van der Waals surface area contributed by atoms with Crippen molar-refractivity contribution in [1.82, 2.24) is 4.98 Å². The number of carbonyl (C=O) groups is 2. The van der Waals surface area contributed by atoms with Crippen molar-refractivity contribution in [1.29, 1.82) is 0 Å². The number of aliphatic carboxylic acids is 1. The number of carbonyl (C=O) groups excluding carboxylic acids is 1. The molecule has 0 aliphatic heterocycles. The molecular weight excluding hydrogens is 375 g/mol. The molecular formula is C19H12Cl2N2O3. The lowest BCUT2D eigenvalue weighted by Crippen LogP contribution is -2.13. The van der Waals surface area contributed by atoms with Crippen LogP contribution in [0, 0.1) is 0 Å². The van der Waals surface area contributed by atoms with Gasteiger partial charge in [0.2, 0.25) is 0 Å². The van der Waals surface area contributed by atoms with Crippen molar-refractivity contribution in [3.63, 3.8) is 0 Å². The quantitative estimate of drug-likeness (QED) is 0.625. The van der Waals surface area contributed by atoms with Crippen LogP contribution in [0.15, 0.2) is 54.7 Å². The van der Waals surface area contributed by atoms with Crippen LogP contribution >= 0.6 is 23.2 Å². The van der Waals surface area contributed by atoms with Gasteiger partial charge in [-0.05, 0) is 35.9 Å². The molecule has 0 saturated carbocycles. The van der Waals surface area contributed by atoms with E-state index in [-0.39, 0.29) is 15.6 Å². The molecule has 1 heterocycles. The van der Waals surface area contributed by atoms with Crippen molar-refractivity contribution in [3.8, 4) is 0 Å². The lowest BCUT2D eigenvalue weighted by atomic mass is 10.1. The number of fused-ring (bicyclic) bond motifs is 1. The first-order valence-electron chi connectivity index (χ1n) is 7.51. The largest absolute Gasteiger partial charge is 0.478 e. The van der Waals surface area contributed by atoms with Crippen molar-refractivity contribution >= 4 is 57.7 Å². The molecule has 0 aliphatic carbocycles. The highest BCUT2D eigenvalue weighted by Crippen LogP contribution is 2.27. The van der Waals surface area contributed by atoms with Crippen LogP contribution in [0.2, 0.25) is 10.0 Å². The number of nitrogens with one attached hydrogen (secondary N) is 1. The Hall–Kier alpha value is -2.89. The summed E-state index contributed by atoms with van der Waals surface area (Å²) in [7, 11) is 0. The van der Waals surface area contributed by atoms with Crippen molar-refractivity contribution in [2.24, 2.45) is 0 Å². The van der Waals surface area contributed by atoms with Crippen LogP contribution < -0.4 is 5.32 Å². The summed E-state index contributed by atoms with van der Waals surface area (Å²) in [4.78, 5) is 27.5. The number of pyridine rings is 1. The van der Waals surface area contributed by atoms with E-state index in [4.69, 9.17) is 28.3 Å². The third-order valence-electron chi connectivity index (χ3n) is 3.59. The maximum absolute atomic E-state index is 12.6. The summed E-state index contributed by atoms with van der Waals surface area (Å²) in [6, 6.07) is 11.9. The number of carboxylic acids is 1. The minimum absolute atomic E-state index is 0.189. The molecule has 1 amide bonds. The Morgan fingerprint density at radius 2 is 1.77 bits per heavy atom. The fourth-order valence-electron chi connectivity index (χ4n) is 2.44. The van der Waals surface area contributed by atoms with E-state index in [0.29, 0.717) is 16.8 Å². The number of hydrogen-bond acceptors (Lipinski definition) is 3. The van der Waals surface area contributed by atoms with Gasteiger partial charge in [0, 0.05) is 17.7 Å². The molecule has 3 rings (SSSR count). The molecule has 5 nitrogen and oxygen atoms in total. The third-order valence-corrected chi connectivity index (χ3v) is 4.22. The van der Waals surface area contributed by atoms with Crippen molar-refractivity contribution in [3.05, 3.63) is 75.9 Å². The topological polar surface area (TPSA) is 79.3 Å². The molecule has 0 bridgehead atoms. The van der Waals surface area contributed by atoms with Gasteiger partial charge in [-0.2, -0.15) is 0 Å². The first-order valence-corrected chi connectivity index (χ1v) is 8.26. The SMILES string of the molecule is O=C(O)C=Cc1cnc2c(NC(=O)c3c(Cl)cccc3Cl)cccc2c1. The summed E-state index contributed by atoms with van der Waals surface area (Å²) in [6.07, 6.45) is 4.01. The minimum atomic E-state index is -1.04. The molecule has 0 radical (unpaired) electrons. The first kappa shape index (κ1) is 17.9. The summed E-state index contributed by atoms with van der Waals surface area (Å²) >= 11 is 12.1. The second kappa shape index (κ2) is 7.56. The monoisotopic (exact) mass is 386 g/mol. The van der Waals surface area contributed by atoms with Gasteiger partial charge in [0.05, 0.1) is 26.8 Å². The molecule has 0 unspecified atom stereocenters. The number of rotatable bonds is 4. The Kier molecular flexibility index (Phi) is 5.21. The molecule has 0 saturated heterocycles. The zero-order valence-corrected chi connectivity index (χ0v) is 14.8. The van der Waals surface area contributed by atoms with E-state index in [1.165, 1.54) is 12.3 Å². The highest BCUT2D eigenvalue weighted by molar-refractivity contribution is 6.40. The molecule has 2 N–H and O–H groups in total. The van der Waals surface area contributed by atoms with Crippen molar-refractivity contribution in [2.45, 2.75) is 0 Å². The number of hydrogen-bond donors (Lipinski definition) is 2. The number of para-hydroxylation sites is 1. The standard InChI is InChI=1S/C19H12Cl2N2O3/c20-13-4-2-5-14(21)17(13)19(26)23-15-6-1-3-12-9-11(7-8-16(24)25)10-22-18(12)15/h1-10H,(H,23,26)(H,24,25). The maximum atomic E-state index is 12.6. The fraction of sp³-hybridized carbons (Fsp3) is 0. The minimum Gasteiger partial charge on any atom is -0.478 e. The maximum Gasteiger partial charge on any atom is 0.328 e. The van der Waals surface area contributed by atoms with Gasteiger partial charge in [0.15, 0.2) is 0 Å². The van der Waals surface area contributed by atoms with Crippen LogP contribution in [0.1, 0.15) is 15.9 Å². The van der Waals surface area contributed by atoms with Gasteiger partial charge < -0.3 is 10.4 Å². The normalized spacial score (nSPS) is 11.0. The van der Waals surface area contributed by atoms with Crippen LogP contribution in [0.3, 0.4) is 0 Å². The molecule has 0 aliphatic rings. The Labute approximate surface area is 158 Å². The molecule has 2 aromatic carbocycles. The van der Waals surface area contributed by atoms with Crippen molar-refractivity contribution in [2.75, 3.05) is 5.32 Å². The predicted octanol–water partition coefficient (Wildman–Crippen LogP) is 4.89. The van der Waals surface area contributed by atoms with Gasteiger partial charge in [-0.1, -0.05) is 41.4 Å². The number of amides is 1. The first-order chi connectivity index (χ1) is 12.5. The van der Waals surface area contributed by atoms with E-state index in [1.807, 2.05) is 6.07 Å². The van der Waals surface area contributed by atoms with E-state index in [9.17, 15) is 9.59 Å². The fourth-order valence-corrected chi connectivity index (χ4v) is 3.01.